The molecular weight excluding hydrogens is 208 g/mol. The molecule has 0 radical (unpaired) electrons. The number of aromatic hydroxyl groups is 2. The summed E-state index contributed by atoms with van der Waals surface area (Å²) in [6.45, 7) is 1.77. The van der Waals surface area contributed by atoms with E-state index in [0.29, 0.717) is 12.0 Å². The molecule has 0 spiro atoms. The lowest BCUT2D eigenvalue weighted by molar-refractivity contribution is 0.0959. The van der Waals surface area contributed by atoms with Crippen LogP contribution in [0.25, 0.3) is 0 Å². The van der Waals surface area contributed by atoms with Crippen molar-refractivity contribution in [1.82, 2.24) is 0 Å². The normalized spacial score (nSPS) is 14.2. The number of fused-ring (bicyclic) bond motifs is 1. The molecule has 4 heteroatoms. The fraction of sp³-hybridized carbons (Fsp3) is 0.250. The second kappa shape index (κ2) is 3.89. The molecule has 0 unspecified atom stereocenters. The summed E-state index contributed by atoms with van der Waals surface area (Å²) < 4.78 is 5.04. The largest absolute Gasteiger partial charge is 0.507 e. The molecule has 0 bridgehead atoms. The average molecular weight is 220 g/mol. The Labute approximate surface area is 92.8 Å². The molecule has 2 N–H and O–H groups in total. The van der Waals surface area contributed by atoms with Crippen LogP contribution in [-0.2, 0) is 6.42 Å². The minimum absolute atomic E-state index is 0.0518. The number of carbonyl (C=O) groups excluding carboxylic acids is 1. The van der Waals surface area contributed by atoms with Gasteiger partial charge in [-0.25, -0.2) is 0 Å². The van der Waals surface area contributed by atoms with Crippen molar-refractivity contribution in [1.29, 1.82) is 0 Å². The number of carbonyl (C=O) groups is 1. The molecule has 0 amide bonds. The first-order valence-electron chi connectivity index (χ1n) is 5.00. The van der Waals surface area contributed by atoms with Crippen molar-refractivity contribution < 1.29 is 19.7 Å². The number of ketones is 1. The number of phenols is 2. The SMILES string of the molecule is C/C=C/Cc1c(O)cc2c(c1O)C(=O)CO2. The van der Waals surface area contributed by atoms with E-state index in [0.717, 1.165) is 0 Å². The third-order valence-electron chi connectivity index (χ3n) is 2.54. The van der Waals surface area contributed by atoms with Crippen LogP contribution in [-0.4, -0.2) is 22.6 Å². The first-order chi connectivity index (χ1) is 7.65. The quantitative estimate of drug-likeness (QED) is 0.746. The predicted molar refractivity (Wildman–Crippen MR) is 58.1 cm³/mol. The van der Waals surface area contributed by atoms with Gasteiger partial charge in [-0.05, 0) is 13.3 Å². The van der Waals surface area contributed by atoms with E-state index in [1.165, 1.54) is 6.07 Å². The van der Waals surface area contributed by atoms with Gasteiger partial charge in [0.1, 0.15) is 22.8 Å². The first kappa shape index (κ1) is 10.5. The van der Waals surface area contributed by atoms with Gasteiger partial charge >= 0.3 is 0 Å². The van der Waals surface area contributed by atoms with Crippen LogP contribution in [0.15, 0.2) is 18.2 Å². The molecule has 4 nitrogen and oxygen atoms in total. The summed E-state index contributed by atoms with van der Waals surface area (Å²) in [7, 11) is 0. The summed E-state index contributed by atoms with van der Waals surface area (Å²) in [4.78, 5) is 11.4. The highest BCUT2D eigenvalue weighted by molar-refractivity contribution is 6.05. The molecule has 0 aromatic heterocycles. The summed E-state index contributed by atoms with van der Waals surface area (Å²) in [6, 6.07) is 1.37. The van der Waals surface area contributed by atoms with Crippen molar-refractivity contribution >= 4 is 5.78 Å². The first-order valence-corrected chi connectivity index (χ1v) is 5.00. The average Bonchev–Trinajstić information content (AvgIpc) is 2.60. The summed E-state index contributed by atoms with van der Waals surface area (Å²) in [5.74, 6) is -0.224. The lowest BCUT2D eigenvalue weighted by Gasteiger charge is -2.08. The summed E-state index contributed by atoms with van der Waals surface area (Å²) in [5, 5.41) is 19.6. The third kappa shape index (κ3) is 1.52. The van der Waals surface area contributed by atoms with Gasteiger partial charge in [-0.2, -0.15) is 0 Å². The Hall–Kier alpha value is -1.97. The van der Waals surface area contributed by atoms with Crippen LogP contribution in [0.3, 0.4) is 0 Å². The van der Waals surface area contributed by atoms with Gasteiger partial charge in [0, 0.05) is 11.6 Å². The Kier molecular flexibility index (Phi) is 2.56. The maximum absolute atomic E-state index is 11.4. The van der Waals surface area contributed by atoms with E-state index in [-0.39, 0.29) is 35.2 Å². The van der Waals surface area contributed by atoms with E-state index in [1.54, 1.807) is 6.08 Å². The summed E-state index contributed by atoms with van der Waals surface area (Å²) >= 11 is 0. The zero-order valence-electron chi connectivity index (χ0n) is 8.86. The van der Waals surface area contributed by atoms with Crippen LogP contribution in [0.5, 0.6) is 17.2 Å². The van der Waals surface area contributed by atoms with Gasteiger partial charge in [0.2, 0.25) is 5.78 Å². The van der Waals surface area contributed by atoms with Gasteiger partial charge in [0.15, 0.2) is 6.61 Å². The predicted octanol–water partition coefficient (Wildman–Crippen LogP) is 1.79. The molecule has 1 aliphatic rings. The minimum atomic E-state index is -0.255. The highest BCUT2D eigenvalue weighted by Gasteiger charge is 2.28. The fourth-order valence-electron chi connectivity index (χ4n) is 1.71. The van der Waals surface area contributed by atoms with Crippen LogP contribution in [0, 0.1) is 0 Å². The number of rotatable bonds is 2. The molecule has 0 saturated heterocycles. The maximum Gasteiger partial charge on any atom is 0.207 e. The molecule has 1 aliphatic heterocycles. The van der Waals surface area contributed by atoms with Crippen molar-refractivity contribution in [2.75, 3.05) is 6.61 Å². The third-order valence-corrected chi connectivity index (χ3v) is 2.54. The maximum atomic E-state index is 11.4. The molecule has 0 aliphatic carbocycles. The van der Waals surface area contributed by atoms with E-state index in [9.17, 15) is 15.0 Å². The Morgan fingerprint density at radius 3 is 2.94 bits per heavy atom. The molecule has 16 heavy (non-hydrogen) atoms. The van der Waals surface area contributed by atoms with Gasteiger partial charge in [-0.3, -0.25) is 4.79 Å². The van der Waals surface area contributed by atoms with Gasteiger partial charge in [-0.15, -0.1) is 0 Å². The van der Waals surface area contributed by atoms with E-state index in [2.05, 4.69) is 0 Å². The number of benzene rings is 1. The Morgan fingerprint density at radius 2 is 2.25 bits per heavy atom. The topological polar surface area (TPSA) is 66.8 Å². The molecule has 2 rings (SSSR count). The molecule has 84 valence electrons. The van der Waals surface area contributed by atoms with Gasteiger partial charge in [-0.1, -0.05) is 12.2 Å². The number of hydrogen-bond donors (Lipinski definition) is 2. The zero-order valence-corrected chi connectivity index (χ0v) is 8.86. The Balaban J connectivity index is 2.55. The number of phenolic OH excluding ortho intramolecular Hbond substituents is 2. The lowest BCUT2D eigenvalue weighted by atomic mass is 10.0. The standard InChI is InChI=1S/C12H12O4/c1-2-3-4-7-8(13)5-10-11(12(7)15)9(14)6-16-10/h2-3,5,13,15H,4,6H2,1H3/b3-2+. The summed E-state index contributed by atoms with van der Waals surface area (Å²) in [6.07, 6.45) is 3.99. The molecular formula is C12H12O4. The molecule has 0 atom stereocenters. The van der Waals surface area contributed by atoms with E-state index < -0.39 is 0 Å². The van der Waals surface area contributed by atoms with Crippen LogP contribution < -0.4 is 4.74 Å². The summed E-state index contributed by atoms with van der Waals surface area (Å²) in [5.41, 5.74) is 0.535. The molecule has 1 aromatic rings. The molecule has 1 aromatic carbocycles. The second-order valence-electron chi connectivity index (χ2n) is 3.58. The zero-order chi connectivity index (χ0) is 11.7. The minimum Gasteiger partial charge on any atom is -0.507 e. The molecule has 1 heterocycles. The Morgan fingerprint density at radius 1 is 1.50 bits per heavy atom. The highest BCUT2D eigenvalue weighted by atomic mass is 16.5. The number of allylic oxidation sites excluding steroid dienone is 2. The highest BCUT2D eigenvalue weighted by Crippen LogP contribution is 2.41. The van der Waals surface area contributed by atoms with Crippen LogP contribution in [0.1, 0.15) is 22.8 Å². The molecule has 0 fully saturated rings. The lowest BCUT2D eigenvalue weighted by Crippen LogP contribution is -2.00. The van der Waals surface area contributed by atoms with Gasteiger partial charge < -0.3 is 14.9 Å². The van der Waals surface area contributed by atoms with Crippen molar-refractivity contribution in [2.45, 2.75) is 13.3 Å². The van der Waals surface area contributed by atoms with Gasteiger partial charge in [0.25, 0.3) is 0 Å². The van der Waals surface area contributed by atoms with E-state index in [1.807, 2.05) is 13.0 Å². The van der Waals surface area contributed by atoms with E-state index >= 15 is 0 Å². The van der Waals surface area contributed by atoms with Crippen molar-refractivity contribution in [3.8, 4) is 17.2 Å². The van der Waals surface area contributed by atoms with Gasteiger partial charge in [0.05, 0.1) is 0 Å². The van der Waals surface area contributed by atoms with Crippen LogP contribution in [0.4, 0.5) is 0 Å². The van der Waals surface area contributed by atoms with Crippen molar-refractivity contribution in [3.63, 3.8) is 0 Å². The smallest absolute Gasteiger partial charge is 0.207 e. The number of Topliss-reactive ketones (excluding diaryl/α,β-unsaturated/α-hetero) is 1. The second-order valence-corrected chi connectivity index (χ2v) is 3.58. The van der Waals surface area contributed by atoms with Crippen LogP contribution >= 0.6 is 0 Å². The van der Waals surface area contributed by atoms with Crippen molar-refractivity contribution in [2.24, 2.45) is 0 Å². The monoisotopic (exact) mass is 220 g/mol. The van der Waals surface area contributed by atoms with Crippen LogP contribution in [0.2, 0.25) is 0 Å². The fourth-order valence-corrected chi connectivity index (χ4v) is 1.71. The number of ether oxygens (including phenoxy) is 1. The number of hydrogen-bond acceptors (Lipinski definition) is 4. The molecule has 0 saturated carbocycles. The van der Waals surface area contributed by atoms with E-state index in [4.69, 9.17) is 4.74 Å². The van der Waals surface area contributed by atoms with Crippen molar-refractivity contribution in [3.05, 3.63) is 29.3 Å². The Bertz CT molecular complexity index is 474.